The van der Waals surface area contributed by atoms with Crippen molar-refractivity contribution in [3.63, 3.8) is 0 Å². The maximum Gasteiger partial charge on any atom is 0.0602 e. The predicted molar refractivity (Wildman–Crippen MR) is 126 cm³/mol. The lowest BCUT2D eigenvalue weighted by Crippen LogP contribution is -2.70. The fourth-order valence-corrected chi connectivity index (χ4v) is 6.64. The van der Waals surface area contributed by atoms with Gasteiger partial charge in [0.15, 0.2) is 0 Å². The smallest absolute Gasteiger partial charge is 0.0602 e. The summed E-state index contributed by atoms with van der Waals surface area (Å²) in [4.78, 5) is 5.40. The highest BCUT2D eigenvalue weighted by Crippen LogP contribution is 2.79. The summed E-state index contributed by atoms with van der Waals surface area (Å²) in [7, 11) is 0. The minimum atomic E-state index is 0.310. The number of benzene rings is 2. The van der Waals surface area contributed by atoms with Crippen LogP contribution in [-0.2, 0) is 0 Å². The highest BCUT2D eigenvalue weighted by molar-refractivity contribution is 6.30. The van der Waals surface area contributed by atoms with Crippen LogP contribution in [0.25, 0.3) is 0 Å². The van der Waals surface area contributed by atoms with Gasteiger partial charge < -0.3 is 4.90 Å². The molecular formula is C27H35ClN2. The molecule has 1 aliphatic heterocycles. The van der Waals surface area contributed by atoms with E-state index < -0.39 is 0 Å². The zero-order valence-corrected chi connectivity index (χ0v) is 19.5. The van der Waals surface area contributed by atoms with E-state index in [2.05, 4.69) is 73.0 Å². The molecule has 1 heterocycles. The largest absolute Gasteiger partial charge is 0.300 e. The Labute approximate surface area is 187 Å². The van der Waals surface area contributed by atoms with Crippen molar-refractivity contribution in [3.05, 3.63) is 70.7 Å². The summed E-state index contributed by atoms with van der Waals surface area (Å²) < 4.78 is 0. The first-order valence-electron chi connectivity index (χ1n) is 11.6. The van der Waals surface area contributed by atoms with E-state index in [-0.39, 0.29) is 0 Å². The van der Waals surface area contributed by atoms with Gasteiger partial charge in [-0.3, -0.25) is 4.90 Å². The topological polar surface area (TPSA) is 6.48 Å². The van der Waals surface area contributed by atoms with Crippen molar-refractivity contribution in [3.8, 4) is 0 Å². The van der Waals surface area contributed by atoms with Crippen molar-refractivity contribution >= 4 is 11.6 Å². The van der Waals surface area contributed by atoms with E-state index in [1.165, 1.54) is 50.0 Å². The summed E-state index contributed by atoms with van der Waals surface area (Å²) in [6.07, 6.45) is 4.38. The first-order valence-corrected chi connectivity index (χ1v) is 11.9. The quantitative estimate of drug-likeness (QED) is 0.560. The Kier molecular flexibility index (Phi) is 5.04. The van der Waals surface area contributed by atoms with Gasteiger partial charge in [0.05, 0.1) is 6.04 Å². The SMILES string of the molecule is CC(C)(C)C12CC(CN3CCN(C(c4ccccc4)c4ccc(Cl)cc4)CC3)(C1)C2. The van der Waals surface area contributed by atoms with Crippen LogP contribution in [0.1, 0.15) is 57.2 Å². The van der Waals surface area contributed by atoms with Gasteiger partial charge in [-0.1, -0.05) is 74.8 Å². The molecule has 160 valence electrons. The van der Waals surface area contributed by atoms with Crippen molar-refractivity contribution in [1.29, 1.82) is 0 Å². The highest BCUT2D eigenvalue weighted by atomic mass is 35.5. The van der Waals surface area contributed by atoms with Gasteiger partial charge in [-0.05, 0) is 58.8 Å². The van der Waals surface area contributed by atoms with E-state index in [4.69, 9.17) is 11.6 Å². The monoisotopic (exact) mass is 422 g/mol. The van der Waals surface area contributed by atoms with Crippen LogP contribution in [0.4, 0.5) is 0 Å². The fraction of sp³-hybridized carbons (Fsp3) is 0.556. The van der Waals surface area contributed by atoms with Crippen molar-refractivity contribution in [1.82, 2.24) is 9.80 Å². The van der Waals surface area contributed by atoms with Crippen LogP contribution in [-0.4, -0.2) is 42.5 Å². The molecule has 6 rings (SSSR count). The average molecular weight is 423 g/mol. The molecule has 1 unspecified atom stereocenters. The number of piperazine rings is 1. The van der Waals surface area contributed by atoms with Gasteiger partial charge in [0.25, 0.3) is 0 Å². The molecule has 0 aromatic heterocycles. The molecule has 3 saturated carbocycles. The molecule has 2 aromatic carbocycles. The molecule has 2 aromatic rings. The lowest BCUT2D eigenvalue weighted by Gasteiger charge is -2.76. The Morgan fingerprint density at radius 1 is 0.833 bits per heavy atom. The molecule has 3 aliphatic carbocycles. The zero-order valence-electron chi connectivity index (χ0n) is 18.7. The van der Waals surface area contributed by atoms with E-state index in [0.29, 0.717) is 22.3 Å². The van der Waals surface area contributed by atoms with E-state index in [9.17, 15) is 0 Å². The Balaban J connectivity index is 1.24. The second-order valence-corrected chi connectivity index (χ2v) is 11.7. The van der Waals surface area contributed by atoms with Crippen molar-refractivity contribution in [2.75, 3.05) is 32.7 Å². The van der Waals surface area contributed by atoms with E-state index in [0.717, 1.165) is 18.1 Å². The number of hydrogen-bond donors (Lipinski definition) is 0. The Hall–Kier alpha value is -1.35. The molecule has 4 fully saturated rings. The minimum Gasteiger partial charge on any atom is -0.300 e. The van der Waals surface area contributed by atoms with Gasteiger partial charge in [0, 0.05) is 37.7 Å². The van der Waals surface area contributed by atoms with Crippen LogP contribution in [0.2, 0.25) is 5.02 Å². The van der Waals surface area contributed by atoms with E-state index in [1.54, 1.807) is 0 Å². The van der Waals surface area contributed by atoms with Gasteiger partial charge in [0.2, 0.25) is 0 Å². The lowest BCUT2D eigenvalue weighted by atomic mass is 9.29. The maximum absolute atomic E-state index is 6.17. The first kappa shape index (κ1) is 20.5. The predicted octanol–water partition coefficient (Wildman–Crippen LogP) is 6.26. The molecule has 0 spiro atoms. The molecule has 3 heteroatoms. The third-order valence-corrected chi connectivity index (χ3v) is 8.62. The van der Waals surface area contributed by atoms with Gasteiger partial charge in [-0.25, -0.2) is 0 Å². The van der Waals surface area contributed by atoms with Crippen LogP contribution >= 0.6 is 11.6 Å². The molecule has 0 amide bonds. The van der Waals surface area contributed by atoms with Gasteiger partial charge >= 0.3 is 0 Å². The van der Waals surface area contributed by atoms with Gasteiger partial charge in [-0.15, -0.1) is 0 Å². The lowest BCUT2D eigenvalue weighted by molar-refractivity contribution is -0.266. The van der Waals surface area contributed by atoms with Crippen molar-refractivity contribution in [2.24, 2.45) is 16.2 Å². The Morgan fingerprint density at radius 2 is 1.40 bits per heavy atom. The van der Waals surface area contributed by atoms with Crippen molar-refractivity contribution in [2.45, 2.75) is 46.1 Å². The third kappa shape index (κ3) is 3.51. The zero-order chi connectivity index (χ0) is 21.0. The molecule has 1 saturated heterocycles. The Morgan fingerprint density at radius 3 is 1.97 bits per heavy atom. The highest BCUT2D eigenvalue weighted by Gasteiger charge is 2.71. The van der Waals surface area contributed by atoms with Gasteiger partial charge in [0.1, 0.15) is 0 Å². The first-order chi connectivity index (χ1) is 14.3. The summed E-state index contributed by atoms with van der Waals surface area (Å²) in [5, 5.41) is 0.807. The van der Waals surface area contributed by atoms with Crippen LogP contribution < -0.4 is 0 Å². The number of halogens is 1. The van der Waals surface area contributed by atoms with E-state index >= 15 is 0 Å². The molecule has 4 aliphatic rings. The minimum absolute atomic E-state index is 0.310. The molecule has 30 heavy (non-hydrogen) atoms. The normalized spacial score (nSPS) is 30.4. The van der Waals surface area contributed by atoms with Crippen LogP contribution in [0.15, 0.2) is 54.6 Å². The Bertz CT molecular complexity index is 856. The average Bonchev–Trinajstić information content (AvgIpc) is 2.66. The summed E-state index contributed by atoms with van der Waals surface area (Å²) in [6, 6.07) is 19.7. The standard InChI is InChI=1S/C27H35ClN2/c1-25(2,3)27-17-26(18-27,19-27)20-29-13-15-30(16-14-29)24(21-7-5-4-6-8-21)22-9-11-23(28)12-10-22/h4-12,24H,13-20H2,1-3H3. The molecular weight excluding hydrogens is 388 g/mol. The van der Waals surface area contributed by atoms with Crippen LogP contribution in [0.5, 0.6) is 0 Å². The number of rotatable bonds is 5. The molecule has 0 radical (unpaired) electrons. The molecule has 2 bridgehead atoms. The molecule has 1 atom stereocenters. The van der Waals surface area contributed by atoms with Crippen LogP contribution in [0.3, 0.4) is 0 Å². The van der Waals surface area contributed by atoms with E-state index in [1.807, 2.05) is 12.1 Å². The second-order valence-electron chi connectivity index (χ2n) is 11.2. The number of nitrogens with zero attached hydrogens (tertiary/aromatic N) is 2. The fourth-order valence-electron chi connectivity index (χ4n) is 6.51. The summed E-state index contributed by atoms with van der Waals surface area (Å²) in [6.45, 7) is 13.3. The molecule has 2 nitrogen and oxygen atoms in total. The second kappa shape index (κ2) is 7.36. The summed E-state index contributed by atoms with van der Waals surface area (Å²) >= 11 is 6.17. The summed E-state index contributed by atoms with van der Waals surface area (Å²) in [5.74, 6) is 0. The van der Waals surface area contributed by atoms with Crippen LogP contribution in [0, 0.1) is 16.2 Å². The van der Waals surface area contributed by atoms with Gasteiger partial charge in [-0.2, -0.15) is 0 Å². The molecule has 0 N–H and O–H groups in total. The summed E-state index contributed by atoms with van der Waals surface area (Å²) in [5.41, 5.74) is 4.49. The number of hydrogen-bond acceptors (Lipinski definition) is 2. The van der Waals surface area contributed by atoms with Crippen molar-refractivity contribution < 1.29 is 0 Å². The third-order valence-electron chi connectivity index (χ3n) is 8.36. The maximum atomic E-state index is 6.17.